The van der Waals surface area contributed by atoms with Crippen molar-refractivity contribution in [3.63, 3.8) is 0 Å². The van der Waals surface area contributed by atoms with Crippen molar-refractivity contribution in [3.05, 3.63) is 10.1 Å². The smallest absolute Gasteiger partial charge is 0.192 e. The van der Waals surface area contributed by atoms with Crippen molar-refractivity contribution < 1.29 is 4.43 Å². The predicted molar refractivity (Wildman–Crippen MR) is 72.6 cm³/mol. The second-order valence-electron chi connectivity index (χ2n) is 4.99. The molecular weight excluding hydrogens is 271 g/mol. The van der Waals surface area contributed by atoms with Crippen LogP contribution in [-0.4, -0.2) is 20.8 Å². The zero-order valence-electron chi connectivity index (χ0n) is 9.96. The Morgan fingerprint density at radius 3 is 1.93 bits per heavy atom. The first-order chi connectivity index (χ1) is 6.62. The minimum atomic E-state index is -1.75. The molecule has 15 heavy (non-hydrogen) atoms. The van der Waals surface area contributed by atoms with Gasteiger partial charge in [0.1, 0.15) is 0 Å². The van der Waals surface area contributed by atoms with Gasteiger partial charge in [-0.05, 0) is 18.1 Å². The summed E-state index contributed by atoms with van der Waals surface area (Å²) in [6.07, 6.45) is 0. The Bertz CT molecular complexity index is 244. The van der Waals surface area contributed by atoms with Gasteiger partial charge in [-0.3, -0.25) is 0 Å². The van der Waals surface area contributed by atoms with E-state index in [-0.39, 0.29) is 10.9 Å². The van der Waals surface area contributed by atoms with Gasteiger partial charge < -0.3 is 4.43 Å². The second-order valence-corrected chi connectivity index (χ2v) is 11.0. The minimum Gasteiger partial charge on any atom is -0.412 e. The number of alkyl halides is 1. The van der Waals surface area contributed by atoms with Gasteiger partial charge in [0.05, 0.1) is 17.5 Å². The topological polar surface area (TPSA) is 9.23 Å². The third-order valence-electron chi connectivity index (χ3n) is 2.78. The molecule has 0 aromatic carbocycles. The summed E-state index contributed by atoms with van der Waals surface area (Å²) in [6, 6.07) is 0. The highest BCUT2D eigenvalue weighted by Crippen LogP contribution is 2.37. The number of allylic oxidation sites excluding steroid dienone is 1. The summed E-state index contributed by atoms with van der Waals surface area (Å²) in [4.78, 5) is 0. The lowest BCUT2D eigenvalue weighted by Gasteiger charge is -2.36. The van der Waals surface area contributed by atoms with Gasteiger partial charge in [-0.1, -0.05) is 44.0 Å². The zero-order chi connectivity index (χ0) is 12.3. The molecule has 0 aromatic rings. The molecule has 0 bridgehead atoms. The molecule has 0 spiro atoms. The fourth-order valence-corrected chi connectivity index (χ4v) is 2.05. The SMILES string of the molecule is CC(C)(C)[Si](C)(C)OC/C(Cl)=C(\Cl)CCl. The Morgan fingerprint density at radius 2 is 1.60 bits per heavy atom. The van der Waals surface area contributed by atoms with Gasteiger partial charge in [-0.25, -0.2) is 0 Å². The minimum absolute atomic E-state index is 0.178. The van der Waals surface area contributed by atoms with Gasteiger partial charge in [-0.2, -0.15) is 0 Å². The fourth-order valence-electron chi connectivity index (χ4n) is 0.611. The van der Waals surface area contributed by atoms with Crippen LogP contribution in [0.15, 0.2) is 10.1 Å². The predicted octanol–water partition coefficient (Wildman–Crippen LogP) is 4.94. The molecule has 0 aliphatic carbocycles. The first-order valence-electron chi connectivity index (χ1n) is 4.85. The van der Waals surface area contributed by atoms with E-state index < -0.39 is 8.32 Å². The van der Waals surface area contributed by atoms with Gasteiger partial charge in [0.15, 0.2) is 8.32 Å². The molecule has 0 atom stereocenters. The van der Waals surface area contributed by atoms with Crippen molar-refractivity contribution in [2.24, 2.45) is 0 Å². The van der Waals surface area contributed by atoms with Crippen molar-refractivity contribution in [2.75, 3.05) is 12.5 Å². The normalized spacial score (nSPS) is 15.2. The highest BCUT2D eigenvalue weighted by molar-refractivity contribution is 6.74. The molecule has 0 N–H and O–H groups in total. The molecule has 0 saturated carbocycles. The van der Waals surface area contributed by atoms with Crippen molar-refractivity contribution >= 4 is 43.1 Å². The summed E-state index contributed by atoms with van der Waals surface area (Å²) >= 11 is 17.3. The first kappa shape index (κ1) is 15.8. The van der Waals surface area contributed by atoms with E-state index in [9.17, 15) is 0 Å². The quantitative estimate of drug-likeness (QED) is 0.526. The van der Waals surface area contributed by atoms with E-state index in [0.29, 0.717) is 16.7 Å². The van der Waals surface area contributed by atoms with Gasteiger partial charge in [0, 0.05) is 5.03 Å². The van der Waals surface area contributed by atoms with Crippen LogP contribution < -0.4 is 0 Å². The van der Waals surface area contributed by atoms with Crippen LogP contribution in [0.2, 0.25) is 18.1 Å². The summed E-state index contributed by atoms with van der Waals surface area (Å²) in [7, 11) is -1.75. The Morgan fingerprint density at radius 1 is 1.13 bits per heavy atom. The summed E-state index contributed by atoms with van der Waals surface area (Å²) in [6.45, 7) is 11.3. The molecule has 5 heteroatoms. The Labute approximate surface area is 109 Å². The summed E-state index contributed by atoms with van der Waals surface area (Å²) in [5.41, 5.74) is 0. The maximum absolute atomic E-state index is 5.95. The third kappa shape index (κ3) is 5.09. The van der Waals surface area contributed by atoms with Crippen LogP contribution in [0.25, 0.3) is 0 Å². The second kappa shape index (κ2) is 5.92. The molecular formula is C10H19Cl3OSi. The molecule has 0 fully saturated rings. The molecule has 1 nitrogen and oxygen atoms in total. The molecule has 0 aromatic heterocycles. The van der Waals surface area contributed by atoms with Crippen LogP contribution in [0.1, 0.15) is 20.8 Å². The number of rotatable bonds is 4. The third-order valence-corrected chi connectivity index (χ3v) is 8.46. The lowest BCUT2D eigenvalue weighted by molar-refractivity contribution is 0.324. The van der Waals surface area contributed by atoms with Crippen LogP contribution in [-0.2, 0) is 4.43 Å². The van der Waals surface area contributed by atoms with Crippen LogP contribution in [0.3, 0.4) is 0 Å². The van der Waals surface area contributed by atoms with Gasteiger partial charge in [0.2, 0.25) is 0 Å². The first-order valence-corrected chi connectivity index (χ1v) is 9.04. The van der Waals surface area contributed by atoms with Gasteiger partial charge >= 0.3 is 0 Å². The molecule has 90 valence electrons. The average Bonchev–Trinajstić information content (AvgIpc) is 2.11. The van der Waals surface area contributed by atoms with Gasteiger partial charge in [-0.15, -0.1) is 11.6 Å². The largest absolute Gasteiger partial charge is 0.412 e. The van der Waals surface area contributed by atoms with Crippen LogP contribution >= 0.6 is 34.8 Å². The highest BCUT2D eigenvalue weighted by Gasteiger charge is 2.37. The van der Waals surface area contributed by atoms with Gasteiger partial charge in [0.25, 0.3) is 0 Å². The molecule has 0 unspecified atom stereocenters. The number of hydrogen-bond acceptors (Lipinski definition) is 1. The molecule has 0 radical (unpaired) electrons. The van der Waals surface area contributed by atoms with E-state index in [1.165, 1.54) is 0 Å². The summed E-state index contributed by atoms with van der Waals surface area (Å²) in [5, 5.41) is 1.16. The van der Waals surface area contributed by atoms with Crippen LogP contribution in [0.5, 0.6) is 0 Å². The lowest BCUT2D eigenvalue weighted by atomic mass is 10.2. The molecule has 0 aliphatic heterocycles. The number of hydrogen-bond donors (Lipinski definition) is 0. The average molecular weight is 290 g/mol. The fraction of sp³-hybridized carbons (Fsp3) is 0.800. The van der Waals surface area contributed by atoms with Crippen molar-refractivity contribution in [2.45, 2.75) is 38.9 Å². The molecule has 0 amide bonds. The Balaban J connectivity index is 4.41. The maximum Gasteiger partial charge on any atom is 0.192 e. The van der Waals surface area contributed by atoms with E-state index >= 15 is 0 Å². The van der Waals surface area contributed by atoms with Crippen LogP contribution in [0, 0.1) is 0 Å². The Kier molecular flexibility index (Phi) is 6.23. The van der Waals surface area contributed by atoms with E-state index in [0.717, 1.165) is 0 Å². The molecule has 0 saturated heterocycles. The highest BCUT2D eigenvalue weighted by atomic mass is 35.5. The van der Waals surface area contributed by atoms with E-state index in [1.54, 1.807) is 0 Å². The molecule has 0 heterocycles. The summed E-state index contributed by atoms with van der Waals surface area (Å²) in [5.74, 6) is 0.237. The summed E-state index contributed by atoms with van der Waals surface area (Å²) < 4.78 is 5.88. The molecule has 0 aliphatic rings. The van der Waals surface area contributed by atoms with E-state index in [1.807, 2.05) is 0 Å². The van der Waals surface area contributed by atoms with Crippen molar-refractivity contribution in [1.82, 2.24) is 0 Å². The van der Waals surface area contributed by atoms with Crippen LogP contribution in [0.4, 0.5) is 0 Å². The van der Waals surface area contributed by atoms with Crippen molar-refractivity contribution in [1.29, 1.82) is 0 Å². The maximum atomic E-state index is 5.95. The van der Waals surface area contributed by atoms with Crippen molar-refractivity contribution in [3.8, 4) is 0 Å². The lowest BCUT2D eigenvalue weighted by Crippen LogP contribution is -2.41. The molecule has 0 rings (SSSR count). The van der Waals surface area contributed by atoms with E-state index in [4.69, 9.17) is 39.2 Å². The number of halogens is 3. The Hall–Kier alpha value is 0.787. The monoisotopic (exact) mass is 288 g/mol. The van der Waals surface area contributed by atoms with E-state index in [2.05, 4.69) is 33.9 Å². The zero-order valence-corrected chi connectivity index (χ0v) is 13.2. The standard InChI is InChI=1S/C10H19Cl3OSi/c1-10(2,3)15(4,5)14-7-9(13)8(12)6-11/h6-7H2,1-5H3/b9-8+.